The third-order valence-electron chi connectivity index (χ3n) is 4.59. The number of carbonyl (C=O) groups is 1. The minimum Gasteiger partial charge on any atom is -0.347 e. The van der Waals surface area contributed by atoms with Gasteiger partial charge in [0.15, 0.2) is 11.5 Å². The number of aromatic nitrogens is 3. The molecule has 0 radical (unpaired) electrons. The molecule has 2 N–H and O–H groups in total. The monoisotopic (exact) mass is 344 g/mol. The number of rotatable bonds is 6. The second kappa shape index (κ2) is 7.55. The number of nitrogens with one attached hydrogen (secondary N) is 2. The van der Waals surface area contributed by atoms with Crippen molar-refractivity contribution in [2.45, 2.75) is 45.1 Å². The molecular formula is C18H21FN4O2. The molecule has 1 unspecified atom stereocenters. The van der Waals surface area contributed by atoms with Crippen molar-refractivity contribution in [3.63, 3.8) is 0 Å². The molecule has 1 aliphatic carbocycles. The van der Waals surface area contributed by atoms with Crippen LogP contribution >= 0.6 is 0 Å². The van der Waals surface area contributed by atoms with Crippen molar-refractivity contribution in [3.05, 3.63) is 46.1 Å². The Kier molecular flexibility index (Phi) is 5.21. The molecule has 25 heavy (non-hydrogen) atoms. The Morgan fingerprint density at radius 3 is 2.80 bits per heavy atom. The second-order valence-corrected chi connectivity index (χ2v) is 6.43. The van der Waals surface area contributed by atoms with Crippen molar-refractivity contribution in [2.24, 2.45) is 5.92 Å². The molecular weight excluding hydrogens is 323 g/mol. The lowest BCUT2D eigenvalue weighted by molar-refractivity contribution is -0.123. The predicted octanol–water partition coefficient (Wildman–Crippen LogP) is 2.73. The fraction of sp³-hybridized carbons (Fsp3) is 0.444. The molecule has 1 aromatic carbocycles. The molecule has 1 saturated carbocycles. The van der Waals surface area contributed by atoms with E-state index in [0.717, 1.165) is 12.8 Å². The number of carbonyl (C=O) groups excluding carboxylic acids is 1. The largest absolute Gasteiger partial charge is 0.347 e. The normalized spacial score (nSPS) is 15.4. The molecule has 6 nitrogen and oxygen atoms in total. The van der Waals surface area contributed by atoms with Gasteiger partial charge in [0, 0.05) is 12.0 Å². The summed E-state index contributed by atoms with van der Waals surface area (Å²) in [5.41, 5.74) is 0.188. The molecule has 7 heteroatoms. The summed E-state index contributed by atoms with van der Waals surface area (Å²) < 4.78 is 13.3. The maximum absolute atomic E-state index is 13.3. The fourth-order valence-corrected chi connectivity index (χ4v) is 2.92. The Balaban J connectivity index is 1.76. The molecule has 1 aromatic heterocycles. The molecule has 0 spiro atoms. The van der Waals surface area contributed by atoms with Gasteiger partial charge in [-0.25, -0.2) is 4.39 Å². The first-order valence-corrected chi connectivity index (χ1v) is 8.59. The molecule has 2 aromatic rings. The zero-order valence-electron chi connectivity index (χ0n) is 14.1. The average molecular weight is 344 g/mol. The number of nitrogens with zero attached hydrogens (tertiary/aromatic N) is 2. The van der Waals surface area contributed by atoms with Crippen LogP contribution in [-0.4, -0.2) is 21.1 Å². The van der Waals surface area contributed by atoms with Crippen LogP contribution in [-0.2, 0) is 4.79 Å². The molecule has 1 aliphatic rings. The SMILES string of the molecule is CCC(NC(=O)CC1CCC1)c1nnc(-c2cccc(F)c2)[nH]c1=O. The summed E-state index contributed by atoms with van der Waals surface area (Å²) in [6, 6.07) is 5.28. The Morgan fingerprint density at radius 2 is 2.20 bits per heavy atom. The summed E-state index contributed by atoms with van der Waals surface area (Å²) in [6.07, 6.45) is 4.39. The van der Waals surface area contributed by atoms with Crippen LogP contribution in [0.25, 0.3) is 11.4 Å². The maximum atomic E-state index is 13.3. The quantitative estimate of drug-likeness (QED) is 0.843. The van der Waals surface area contributed by atoms with Crippen LogP contribution in [0.15, 0.2) is 29.1 Å². The molecule has 1 heterocycles. The van der Waals surface area contributed by atoms with Gasteiger partial charge in [-0.15, -0.1) is 10.2 Å². The number of halogens is 1. The maximum Gasteiger partial charge on any atom is 0.275 e. The average Bonchev–Trinajstić information content (AvgIpc) is 2.56. The van der Waals surface area contributed by atoms with Crippen LogP contribution in [0, 0.1) is 11.7 Å². The lowest BCUT2D eigenvalue weighted by Gasteiger charge is -2.25. The van der Waals surface area contributed by atoms with Gasteiger partial charge in [0.2, 0.25) is 5.91 Å². The Labute approximate surface area is 144 Å². The number of amides is 1. The summed E-state index contributed by atoms with van der Waals surface area (Å²) in [7, 11) is 0. The minimum atomic E-state index is -0.481. The lowest BCUT2D eigenvalue weighted by Crippen LogP contribution is -2.35. The summed E-state index contributed by atoms with van der Waals surface area (Å²) in [6.45, 7) is 1.87. The Bertz CT molecular complexity index is 817. The molecule has 0 saturated heterocycles. The summed E-state index contributed by atoms with van der Waals surface area (Å²) >= 11 is 0. The summed E-state index contributed by atoms with van der Waals surface area (Å²) in [4.78, 5) is 27.1. The van der Waals surface area contributed by atoms with Crippen LogP contribution in [0.2, 0.25) is 0 Å². The molecule has 1 amide bonds. The van der Waals surface area contributed by atoms with E-state index in [-0.39, 0.29) is 17.4 Å². The van der Waals surface area contributed by atoms with Crippen LogP contribution in [0.5, 0.6) is 0 Å². The van der Waals surface area contributed by atoms with Gasteiger partial charge in [-0.05, 0) is 37.3 Å². The van der Waals surface area contributed by atoms with Gasteiger partial charge in [0.25, 0.3) is 5.56 Å². The smallest absolute Gasteiger partial charge is 0.275 e. The number of aromatic amines is 1. The molecule has 3 rings (SSSR count). The van der Waals surface area contributed by atoms with Crippen molar-refractivity contribution in [3.8, 4) is 11.4 Å². The Morgan fingerprint density at radius 1 is 1.40 bits per heavy atom. The first-order chi connectivity index (χ1) is 12.1. The number of hydrogen-bond acceptors (Lipinski definition) is 4. The van der Waals surface area contributed by atoms with E-state index in [2.05, 4.69) is 20.5 Å². The minimum absolute atomic E-state index is 0.0630. The van der Waals surface area contributed by atoms with E-state index in [4.69, 9.17) is 0 Å². The van der Waals surface area contributed by atoms with Gasteiger partial charge < -0.3 is 10.3 Å². The van der Waals surface area contributed by atoms with E-state index in [9.17, 15) is 14.0 Å². The van der Waals surface area contributed by atoms with Crippen molar-refractivity contribution < 1.29 is 9.18 Å². The lowest BCUT2D eigenvalue weighted by atomic mass is 9.83. The number of benzene rings is 1. The first-order valence-electron chi connectivity index (χ1n) is 8.59. The van der Waals surface area contributed by atoms with Crippen LogP contribution in [0.1, 0.15) is 50.8 Å². The highest BCUT2D eigenvalue weighted by Gasteiger charge is 2.24. The topological polar surface area (TPSA) is 87.7 Å². The fourth-order valence-electron chi connectivity index (χ4n) is 2.92. The van der Waals surface area contributed by atoms with Gasteiger partial charge in [0.1, 0.15) is 5.82 Å². The van der Waals surface area contributed by atoms with Gasteiger partial charge in [0.05, 0.1) is 6.04 Å². The molecule has 1 fully saturated rings. The van der Waals surface area contributed by atoms with Gasteiger partial charge in [-0.2, -0.15) is 0 Å². The van der Waals surface area contributed by atoms with Crippen LogP contribution in [0.4, 0.5) is 4.39 Å². The third-order valence-corrected chi connectivity index (χ3v) is 4.59. The van der Waals surface area contributed by atoms with E-state index < -0.39 is 17.4 Å². The van der Waals surface area contributed by atoms with E-state index in [1.807, 2.05) is 6.92 Å². The van der Waals surface area contributed by atoms with Gasteiger partial charge in [-0.1, -0.05) is 25.5 Å². The van der Waals surface area contributed by atoms with E-state index in [0.29, 0.717) is 24.3 Å². The standard InChI is InChI=1S/C18H21FN4O2/c1-2-14(20-15(24)9-11-5-3-6-11)16-18(25)21-17(23-22-16)12-7-4-8-13(19)10-12/h4,7-8,10-11,14H,2-3,5-6,9H2,1H3,(H,20,24)(H,21,23,25). The van der Waals surface area contributed by atoms with Crippen LogP contribution in [0.3, 0.4) is 0 Å². The zero-order valence-corrected chi connectivity index (χ0v) is 14.1. The third kappa shape index (κ3) is 4.10. The molecule has 0 aliphatic heterocycles. The van der Waals surface area contributed by atoms with E-state index in [1.165, 1.54) is 24.6 Å². The van der Waals surface area contributed by atoms with Crippen molar-refractivity contribution in [1.82, 2.24) is 20.5 Å². The van der Waals surface area contributed by atoms with Gasteiger partial charge in [-0.3, -0.25) is 9.59 Å². The van der Waals surface area contributed by atoms with E-state index >= 15 is 0 Å². The highest BCUT2D eigenvalue weighted by molar-refractivity contribution is 5.76. The Hall–Kier alpha value is -2.57. The zero-order chi connectivity index (χ0) is 17.8. The number of hydrogen-bond donors (Lipinski definition) is 2. The molecule has 132 valence electrons. The summed E-state index contributed by atoms with van der Waals surface area (Å²) in [5.74, 6) is 0.173. The van der Waals surface area contributed by atoms with Crippen molar-refractivity contribution >= 4 is 5.91 Å². The van der Waals surface area contributed by atoms with Crippen molar-refractivity contribution in [1.29, 1.82) is 0 Å². The van der Waals surface area contributed by atoms with Gasteiger partial charge >= 0.3 is 0 Å². The highest BCUT2D eigenvalue weighted by atomic mass is 19.1. The first kappa shape index (κ1) is 17.3. The molecule has 0 bridgehead atoms. The summed E-state index contributed by atoms with van der Waals surface area (Å²) in [5, 5.41) is 10.9. The van der Waals surface area contributed by atoms with E-state index in [1.54, 1.807) is 6.07 Å². The highest BCUT2D eigenvalue weighted by Crippen LogP contribution is 2.29. The van der Waals surface area contributed by atoms with Crippen LogP contribution < -0.4 is 10.9 Å². The second-order valence-electron chi connectivity index (χ2n) is 6.43. The number of H-pyrrole nitrogens is 1. The predicted molar refractivity (Wildman–Crippen MR) is 91.2 cm³/mol. The molecule has 1 atom stereocenters. The van der Waals surface area contributed by atoms with Crippen molar-refractivity contribution in [2.75, 3.05) is 0 Å².